The molecule has 0 bridgehead atoms. The van der Waals surface area contributed by atoms with Gasteiger partial charge in [-0.2, -0.15) is 0 Å². The molecule has 19 heavy (non-hydrogen) atoms. The summed E-state index contributed by atoms with van der Waals surface area (Å²) in [5.74, 6) is 0.649. The lowest BCUT2D eigenvalue weighted by molar-refractivity contribution is 0.349. The van der Waals surface area contributed by atoms with Gasteiger partial charge >= 0.3 is 0 Å². The molecule has 1 aromatic carbocycles. The van der Waals surface area contributed by atoms with E-state index in [4.69, 9.17) is 0 Å². The van der Waals surface area contributed by atoms with Gasteiger partial charge in [-0.05, 0) is 54.7 Å². The average molecular weight is 259 g/mol. The van der Waals surface area contributed by atoms with Crippen LogP contribution in [0.25, 0.3) is 0 Å². The molecule has 1 heterocycles. The van der Waals surface area contributed by atoms with E-state index in [0.29, 0.717) is 11.3 Å². The quantitative estimate of drug-likeness (QED) is 0.719. The van der Waals surface area contributed by atoms with Crippen molar-refractivity contribution in [3.8, 4) is 0 Å². The smallest absolute Gasteiger partial charge is 0.0366 e. The zero-order valence-electron chi connectivity index (χ0n) is 13.1. The largest absolute Gasteiger partial charge is 0.372 e. The van der Waals surface area contributed by atoms with Crippen LogP contribution in [0.15, 0.2) is 24.3 Å². The molecule has 0 aromatic heterocycles. The summed E-state index contributed by atoms with van der Waals surface area (Å²) in [5.41, 5.74) is 3.30. The van der Waals surface area contributed by atoms with Gasteiger partial charge in [-0.1, -0.05) is 39.8 Å². The highest BCUT2D eigenvalue weighted by Crippen LogP contribution is 2.31. The number of hydrogen-bond donors (Lipinski definition) is 0. The first-order valence-electron chi connectivity index (χ1n) is 7.81. The predicted octanol–water partition coefficient (Wildman–Crippen LogP) is 5.22. The zero-order chi connectivity index (χ0) is 13.9. The summed E-state index contributed by atoms with van der Waals surface area (Å²) in [4.78, 5) is 2.53. The third-order valence-corrected chi connectivity index (χ3v) is 4.10. The molecule has 0 unspecified atom stereocenters. The Labute approximate surface area is 119 Å². The maximum Gasteiger partial charge on any atom is 0.0366 e. The Morgan fingerprint density at radius 1 is 1.00 bits per heavy atom. The third-order valence-electron chi connectivity index (χ3n) is 4.10. The second-order valence-electron chi connectivity index (χ2n) is 7.31. The van der Waals surface area contributed by atoms with Crippen LogP contribution in [0.4, 0.5) is 5.69 Å². The Hall–Kier alpha value is -0.980. The van der Waals surface area contributed by atoms with E-state index in [1.807, 2.05) is 0 Å². The van der Waals surface area contributed by atoms with Crippen molar-refractivity contribution in [2.75, 3.05) is 18.0 Å². The molecule has 0 amide bonds. The molecule has 106 valence electrons. The van der Waals surface area contributed by atoms with E-state index in [1.54, 1.807) is 0 Å². The molecule has 1 aromatic rings. The van der Waals surface area contributed by atoms with Gasteiger partial charge < -0.3 is 4.90 Å². The fraction of sp³-hybridized carbons (Fsp3) is 0.667. The van der Waals surface area contributed by atoms with Gasteiger partial charge in [-0.15, -0.1) is 0 Å². The zero-order valence-corrected chi connectivity index (χ0v) is 13.1. The van der Waals surface area contributed by atoms with E-state index in [-0.39, 0.29) is 0 Å². The lowest BCUT2D eigenvalue weighted by atomic mass is 9.82. The number of anilines is 1. The van der Waals surface area contributed by atoms with Gasteiger partial charge in [0.05, 0.1) is 0 Å². The van der Waals surface area contributed by atoms with Crippen molar-refractivity contribution >= 4 is 5.69 Å². The molecule has 1 nitrogen and oxygen atoms in total. The summed E-state index contributed by atoms with van der Waals surface area (Å²) in [6.07, 6.45) is 5.34. The Morgan fingerprint density at radius 2 is 1.58 bits per heavy atom. The fourth-order valence-corrected chi connectivity index (χ4v) is 3.20. The van der Waals surface area contributed by atoms with Gasteiger partial charge in [0, 0.05) is 18.8 Å². The van der Waals surface area contributed by atoms with E-state index < -0.39 is 0 Å². The summed E-state index contributed by atoms with van der Waals surface area (Å²) in [6, 6.07) is 9.31. The van der Waals surface area contributed by atoms with Crippen LogP contribution < -0.4 is 4.90 Å². The minimum absolute atomic E-state index is 0.408. The van der Waals surface area contributed by atoms with Gasteiger partial charge in [-0.25, -0.2) is 0 Å². The summed E-state index contributed by atoms with van der Waals surface area (Å²) >= 11 is 0. The van der Waals surface area contributed by atoms with Crippen molar-refractivity contribution in [1.82, 2.24) is 0 Å². The highest BCUT2D eigenvalue weighted by atomic mass is 15.1. The number of rotatable bonds is 3. The van der Waals surface area contributed by atoms with Gasteiger partial charge in [0.2, 0.25) is 0 Å². The standard InChI is InChI=1S/C18H29N/c1-15(14-18(2,3)4)16-8-10-17(11-9-16)19-12-6-5-7-13-19/h8-11,15H,5-7,12-14H2,1-4H3/t15-/m1/s1. The number of piperidine rings is 1. The van der Waals surface area contributed by atoms with E-state index in [2.05, 4.69) is 56.9 Å². The minimum atomic E-state index is 0.408. The highest BCUT2D eigenvalue weighted by Gasteiger charge is 2.17. The molecule has 1 atom stereocenters. The van der Waals surface area contributed by atoms with E-state index in [9.17, 15) is 0 Å². The van der Waals surface area contributed by atoms with Gasteiger partial charge in [0.15, 0.2) is 0 Å². The van der Waals surface area contributed by atoms with Crippen LogP contribution >= 0.6 is 0 Å². The molecule has 1 saturated heterocycles. The number of nitrogens with zero attached hydrogens (tertiary/aromatic N) is 1. The first kappa shape index (κ1) is 14.4. The minimum Gasteiger partial charge on any atom is -0.372 e. The second kappa shape index (κ2) is 5.98. The third kappa shape index (κ3) is 4.26. The van der Waals surface area contributed by atoms with Crippen molar-refractivity contribution in [2.45, 2.75) is 59.3 Å². The topological polar surface area (TPSA) is 3.24 Å². The second-order valence-corrected chi connectivity index (χ2v) is 7.31. The lowest BCUT2D eigenvalue weighted by Crippen LogP contribution is -2.29. The maximum atomic E-state index is 2.53. The lowest BCUT2D eigenvalue weighted by Gasteiger charge is -2.29. The van der Waals surface area contributed by atoms with Gasteiger partial charge in [0.25, 0.3) is 0 Å². The average Bonchev–Trinajstić information content (AvgIpc) is 2.38. The fourth-order valence-electron chi connectivity index (χ4n) is 3.20. The molecule has 1 heteroatoms. The van der Waals surface area contributed by atoms with Crippen molar-refractivity contribution in [3.05, 3.63) is 29.8 Å². The summed E-state index contributed by atoms with van der Waals surface area (Å²) in [6.45, 7) is 11.8. The molecular weight excluding hydrogens is 230 g/mol. The molecule has 0 N–H and O–H groups in total. The van der Waals surface area contributed by atoms with Crippen molar-refractivity contribution in [2.24, 2.45) is 5.41 Å². The molecule has 1 fully saturated rings. The van der Waals surface area contributed by atoms with Gasteiger partial charge in [-0.3, -0.25) is 0 Å². The highest BCUT2D eigenvalue weighted by molar-refractivity contribution is 5.48. The van der Waals surface area contributed by atoms with Crippen LogP contribution in [-0.4, -0.2) is 13.1 Å². The number of hydrogen-bond acceptors (Lipinski definition) is 1. The molecule has 0 spiro atoms. The molecular formula is C18H29N. The van der Waals surface area contributed by atoms with Crippen LogP contribution in [0.2, 0.25) is 0 Å². The van der Waals surface area contributed by atoms with Crippen LogP contribution in [0.1, 0.15) is 64.9 Å². The molecule has 1 aliphatic heterocycles. The Kier molecular flexibility index (Phi) is 4.54. The van der Waals surface area contributed by atoms with Crippen molar-refractivity contribution < 1.29 is 0 Å². The van der Waals surface area contributed by atoms with E-state index in [0.717, 1.165) is 0 Å². The first-order chi connectivity index (χ1) is 8.96. The van der Waals surface area contributed by atoms with Crippen LogP contribution in [-0.2, 0) is 0 Å². The summed E-state index contributed by atoms with van der Waals surface area (Å²) in [7, 11) is 0. The molecule has 0 aliphatic carbocycles. The SMILES string of the molecule is C[C@H](CC(C)(C)C)c1ccc(N2CCCCC2)cc1. The van der Waals surface area contributed by atoms with E-state index in [1.165, 1.54) is 50.0 Å². The Bertz CT molecular complexity index is 379. The first-order valence-corrected chi connectivity index (χ1v) is 7.81. The molecule has 1 aliphatic rings. The number of benzene rings is 1. The van der Waals surface area contributed by atoms with Gasteiger partial charge in [0.1, 0.15) is 0 Å². The Balaban J connectivity index is 2.01. The molecule has 0 radical (unpaired) electrons. The molecule has 2 rings (SSSR count). The molecule has 0 saturated carbocycles. The van der Waals surface area contributed by atoms with Crippen LogP contribution in [0.5, 0.6) is 0 Å². The van der Waals surface area contributed by atoms with Crippen LogP contribution in [0, 0.1) is 5.41 Å². The normalized spacial score (nSPS) is 18.4. The van der Waals surface area contributed by atoms with Crippen molar-refractivity contribution in [3.63, 3.8) is 0 Å². The Morgan fingerprint density at radius 3 is 2.11 bits per heavy atom. The summed E-state index contributed by atoms with van der Waals surface area (Å²) < 4.78 is 0. The van der Waals surface area contributed by atoms with E-state index >= 15 is 0 Å². The monoisotopic (exact) mass is 259 g/mol. The maximum absolute atomic E-state index is 2.53. The predicted molar refractivity (Wildman–Crippen MR) is 85.0 cm³/mol. The van der Waals surface area contributed by atoms with Crippen molar-refractivity contribution in [1.29, 1.82) is 0 Å². The van der Waals surface area contributed by atoms with Crippen LogP contribution in [0.3, 0.4) is 0 Å². The summed E-state index contributed by atoms with van der Waals surface area (Å²) in [5, 5.41) is 0.